The molecule has 7 nitrogen and oxygen atoms in total. The van der Waals surface area contributed by atoms with Crippen LogP contribution in [0.25, 0.3) is 0 Å². The number of hydrogen-bond acceptors (Lipinski definition) is 5. The molecule has 0 atom stereocenters. The molecule has 2 fully saturated rings. The third-order valence-electron chi connectivity index (χ3n) is 5.40. The normalized spacial score (nSPS) is 18.6. The van der Waals surface area contributed by atoms with Crippen LogP contribution in [0.3, 0.4) is 0 Å². The summed E-state index contributed by atoms with van der Waals surface area (Å²) in [4.78, 5) is 2.20. The van der Waals surface area contributed by atoms with E-state index in [2.05, 4.69) is 11.5 Å². The van der Waals surface area contributed by atoms with Crippen molar-refractivity contribution >= 4 is 45.4 Å². The van der Waals surface area contributed by atoms with Gasteiger partial charge in [0.2, 0.25) is 10.0 Å². The standard InChI is InChI=1S/C19H23Cl2N5O2S2/c1-2-8-25-18(14-6-7-14)22-26(19(25)29)13-23-9-11-24(12-10-23)30(27,28)16-5-3-4-15(20)17(16)21/h2-5,14H,1,6-13H2. The second-order valence-corrected chi connectivity index (χ2v) is 10.6. The van der Waals surface area contributed by atoms with Crippen molar-refractivity contribution in [2.75, 3.05) is 26.2 Å². The minimum Gasteiger partial charge on any atom is -0.300 e. The van der Waals surface area contributed by atoms with Crippen molar-refractivity contribution in [1.82, 2.24) is 23.6 Å². The van der Waals surface area contributed by atoms with E-state index in [9.17, 15) is 8.42 Å². The highest BCUT2D eigenvalue weighted by Crippen LogP contribution is 2.39. The molecule has 1 aromatic heterocycles. The number of rotatable bonds is 7. The minimum absolute atomic E-state index is 0.0459. The van der Waals surface area contributed by atoms with Crippen molar-refractivity contribution < 1.29 is 8.42 Å². The van der Waals surface area contributed by atoms with E-state index in [1.54, 1.807) is 12.1 Å². The molecule has 162 valence electrons. The highest BCUT2D eigenvalue weighted by molar-refractivity contribution is 7.89. The van der Waals surface area contributed by atoms with E-state index in [0.29, 0.717) is 50.1 Å². The van der Waals surface area contributed by atoms with E-state index < -0.39 is 10.0 Å². The van der Waals surface area contributed by atoms with E-state index in [1.165, 1.54) is 10.4 Å². The molecule has 2 aliphatic rings. The highest BCUT2D eigenvalue weighted by Gasteiger charge is 2.32. The number of hydrogen-bond donors (Lipinski definition) is 0. The lowest BCUT2D eigenvalue weighted by molar-refractivity contribution is 0.144. The zero-order valence-electron chi connectivity index (χ0n) is 16.4. The molecule has 2 heterocycles. The average molecular weight is 488 g/mol. The van der Waals surface area contributed by atoms with Crippen LogP contribution in [0.1, 0.15) is 24.6 Å². The number of sulfonamides is 1. The molecule has 2 aromatic rings. The lowest BCUT2D eigenvalue weighted by Gasteiger charge is -2.33. The first-order chi connectivity index (χ1) is 14.3. The summed E-state index contributed by atoms with van der Waals surface area (Å²) in [7, 11) is -3.70. The summed E-state index contributed by atoms with van der Waals surface area (Å²) >= 11 is 17.8. The van der Waals surface area contributed by atoms with Crippen molar-refractivity contribution in [3.63, 3.8) is 0 Å². The Bertz CT molecular complexity index is 1120. The second kappa shape index (κ2) is 8.72. The summed E-state index contributed by atoms with van der Waals surface area (Å²) in [5.74, 6) is 1.51. The number of benzene rings is 1. The Hall–Kier alpha value is -1.23. The van der Waals surface area contributed by atoms with E-state index in [-0.39, 0.29) is 14.9 Å². The van der Waals surface area contributed by atoms with Crippen LogP contribution in [0.15, 0.2) is 35.7 Å². The lowest BCUT2D eigenvalue weighted by Crippen LogP contribution is -2.49. The summed E-state index contributed by atoms with van der Waals surface area (Å²) in [6, 6.07) is 4.66. The van der Waals surface area contributed by atoms with Crippen LogP contribution in [0.5, 0.6) is 0 Å². The fourth-order valence-corrected chi connectivity index (χ4v) is 6.04. The molecule has 1 saturated carbocycles. The van der Waals surface area contributed by atoms with Crippen LogP contribution in [0, 0.1) is 4.77 Å². The van der Waals surface area contributed by atoms with E-state index in [4.69, 9.17) is 40.5 Å². The zero-order chi connectivity index (χ0) is 21.5. The van der Waals surface area contributed by atoms with Gasteiger partial charge >= 0.3 is 0 Å². The summed E-state index contributed by atoms with van der Waals surface area (Å²) in [6.07, 6.45) is 4.12. The first kappa shape index (κ1) is 22.0. The van der Waals surface area contributed by atoms with Crippen molar-refractivity contribution in [2.24, 2.45) is 0 Å². The fraction of sp³-hybridized carbons (Fsp3) is 0.474. The number of halogens is 2. The Morgan fingerprint density at radius 2 is 1.90 bits per heavy atom. The van der Waals surface area contributed by atoms with Crippen LogP contribution >= 0.6 is 35.4 Å². The van der Waals surface area contributed by atoms with Gasteiger partial charge < -0.3 is 0 Å². The Morgan fingerprint density at radius 1 is 1.20 bits per heavy atom. The Labute approximate surface area is 191 Å². The predicted octanol–water partition coefficient (Wildman–Crippen LogP) is 3.75. The number of piperazine rings is 1. The van der Waals surface area contributed by atoms with Crippen LogP contribution in [-0.2, 0) is 23.2 Å². The van der Waals surface area contributed by atoms with Gasteiger partial charge in [-0.05, 0) is 37.2 Å². The van der Waals surface area contributed by atoms with Crippen LogP contribution < -0.4 is 0 Å². The van der Waals surface area contributed by atoms with Crippen molar-refractivity contribution in [3.8, 4) is 0 Å². The Morgan fingerprint density at radius 3 is 2.53 bits per heavy atom. The molecule has 1 aliphatic carbocycles. The SMILES string of the molecule is C=CCn1c(C2CC2)nn(CN2CCN(S(=O)(=O)c3cccc(Cl)c3Cl)CC2)c1=S. The highest BCUT2D eigenvalue weighted by atomic mass is 35.5. The third kappa shape index (κ3) is 4.24. The summed E-state index contributed by atoms with van der Waals surface area (Å²) in [6.45, 7) is 6.88. The third-order valence-corrected chi connectivity index (χ3v) is 8.71. The topological polar surface area (TPSA) is 63.4 Å². The smallest absolute Gasteiger partial charge is 0.244 e. The van der Waals surface area contributed by atoms with Gasteiger partial charge in [0.15, 0.2) is 4.77 Å². The van der Waals surface area contributed by atoms with Crippen LogP contribution in [0.2, 0.25) is 10.0 Å². The minimum atomic E-state index is -3.70. The summed E-state index contributed by atoms with van der Waals surface area (Å²) < 4.78 is 32.0. The van der Waals surface area contributed by atoms with Crippen molar-refractivity contribution in [2.45, 2.75) is 36.9 Å². The molecule has 11 heteroatoms. The van der Waals surface area contributed by atoms with E-state index >= 15 is 0 Å². The van der Waals surface area contributed by atoms with Gasteiger partial charge in [0, 0.05) is 38.6 Å². The Kier molecular flexibility index (Phi) is 6.39. The van der Waals surface area contributed by atoms with Gasteiger partial charge in [0.1, 0.15) is 10.7 Å². The second-order valence-electron chi connectivity index (χ2n) is 7.53. The van der Waals surface area contributed by atoms with E-state index in [1.807, 2.05) is 15.3 Å². The molecule has 0 amide bonds. The maximum atomic E-state index is 13.0. The van der Waals surface area contributed by atoms with Crippen LogP contribution in [0.4, 0.5) is 0 Å². The lowest BCUT2D eigenvalue weighted by atomic mass is 10.4. The molecule has 0 radical (unpaired) electrons. The average Bonchev–Trinajstić information content (AvgIpc) is 3.52. The van der Waals surface area contributed by atoms with E-state index in [0.717, 1.165) is 18.7 Å². The Balaban J connectivity index is 1.45. The summed E-state index contributed by atoms with van der Waals surface area (Å²) in [5.41, 5.74) is 0. The van der Waals surface area contributed by atoms with Gasteiger partial charge in [-0.15, -0.1) is 6.58 Å². The zero-order valence-corrected chi connectivity index (χ0v) is 19.5. The molecule has 0 spiro atoms. The van der Waals surface area contributed by atoms with Gasteiger partial charge in [-0.3, -0.25) is 9.47 Å². The number of allylic oxidation sites excluding steroid dienone is 1. The van der Waals surface area contributed by atoms with Crippen molar-refractivity contribution in [1.29, 1.82) is 0 Å². The molecule has 30 heavy (non-hydrogen) atoms. The maximum Gasteiger partial charge on any atom is 0.244 e. The summed E-state index contributed by atoms with van der Waals surface area (Å²) in [5, 5.41) is 5.04. The molecule has 4 rings (SSSR count). The molecule has 1 saturated heterocycles. The van der Waals surface area contributed by atoms with Gasteiger partial charge in [0.25, 0.3) is 0 Å². The molecule has 1 aromatic carbocycles. The van der Waals surface area contributed by atoms with Crippen molar-refractivity contribution in [3.05, 3.63) is 51.5 Å². The largest absolute Gasteiger partial charge is 0.300 e. The molecule has 0 bridgehead atoms. The molecule has 0 unspecified atom stereocenters. The predicted molar refractivity (Wildman–Crippen MR) is 120 cm³/mol. The molecule has 1 aliphatic heterocycles. The first-order valence-electron chi connectivity index (χ1n) is 9.78. The van der Waals surface area contributed by atoms with Gasteiger partial charge in [-0.2, -0.15) is 9.40 Å². The fourth-order valence-electron chi connectivity index (χ4n) is 3.62. The van der Waals surface area contributed by atoms with Gasteiger partial charge in [-0.1, -0.05) is 35.3 Å². The van der Waals surface area contributed by atoms with Crippen LogP contribution in [-0.4, -0.2) is 58.1 Å². The quantitative estimate of drug-likeness (QED) is 0.439. The molecule has 0 N–H and O–H groups in total. The number of nitrogens with zero attached hydrogens (tertiary/aromatic N) is 5. The molecular formula is C19H23Cl2N5O2S2. The maximum absolute atomic E-state index is 13.0. The number of aromatic nitrogens is 3. The monoisotopic (exact) mass is 487 g/mol. The van der Waals surface area contributed by atoms with Gasteiger partial charge in [0.05, 0.1) is 16.7 Å². The van der Waals surface area contributed by atoms with Gasteiger partial charge in [-0.25, -0.2) is 13.1 Å². The first-order valence-corrected chi connectivity index (χ1v) is 12.4. The molecular weight excluding hydrogens is 465 g/mol.